The predicted molar refractivity (Wildman–Crippen MR) is 73.0 cm³/mol. The van der Waals surface area contributed by atoms with Crippen LogP contribution in [-0.4, -0.2) is 25.8 Å². The van der Waals surface area contributed by atoms with Gasteiger partial charge in [0, 0.05) is 0 Å². The zero-order chi connectivity index (χ0) is 14.2. The second-order valence-electron chi connectivity index (χ2n) is 5.07. The third kappa shape index (κ3) is 3.04. The van der Waals surface area contributed by atoms with Crippen LogP contribution in [0, 0.1) is 0 Å². The molecule has 0 bridgehead atoms. The number of halogens is 1. The third-order valence-electron chi connectivity index (χ3n) is 2.26. The molecule has 7 heteroatoms. The second kappa shape index (κ2) is 4.80. The number of carbonyl (C=O) groups is 1. The zero-order valence-electron chi connectivity index (χ0n) is 10.9. The van der Waals surface area contributed by atoms with Crippen LogP contribution in [0.25, 0.3) is 5.65 Å². The Kier molecular flexibility index (Phi) is 3.49. The van der Waals surface area contributed by atoms with Crippen LogP contribution in [0.5, 0.6) is 0 Å². The van der Waals surface area contributed by atoms with Crippen LogP contribution >= 0.6 is 15.9 Å². The lowest BCUT2D eigenvalue weighted by molar-refractivity contribution is -0.155. The maximum atomic E-state index is 12.1. The van der Waals surface area contributed by atoms with Crippen LogP contribution in [0.1, 0.15) is 20.8 Å². The Labute approximate surface area is 118 Å². The molecule has 0 amide bonds. The molecule has 6 nitrogen and oxygen atoms in total. The maximum absolute atomic E-state index is 12.1. The number of carbonyl (C=O) groups excluding carboxylic acids is 1. The van der Waals surface area contributed by atoms with Crippen LogP contribution in [0.4, 0.5) is 0 Å². The van der Waals surface area contributed by atoms with Crippen LogP contribution < -0.4 is 5.69 Å². The summed E-state index contributed by atoms with van der Waals surface area (Å²) in [6.07, 6.45) is 0. The fourth-order valence-corrected chi connectivity index (χ4v) is 2.11. The van der Waals surface area contributed by atoms with Crippen molar-refractivity contribution in [1.82, 2.24) is 14.2 Å². The molecule has 0 atom stereocenters. The van der Waals surface area contributed by atoms with Crippen LogP contribution in [-0.2, 0) is 16.1 Å². The van der Waals surface area contributed by atoms with Gasteiger partial charge in [0.25, 0.3) is 0 Å². The summed E-state index contributed by atoms with van der Waals surface area (Å²) in [5.74, 6) is -0.492. The van der Waals surface area contributed by atoms with Gasteiger partial charge in [0.05, 0.1) is 4.60 Å². The lowest BCUT2D eigenvalue weighted by Gasteiger charge is -2.19. The van der Waals surface area contributed by atoms with E-state index in [9.17, 15) is 9.59 Å². The Morgan fingerprint density at radius 1 is 1.42 bits per heavy atom. The molecule has 0 radical (unpaired) electrons. The number of fused-ring (bicyclic) bond motifs is 1. The molecule has 2 heterocycles. The Bertz CT molecular complexity index is 682. The summed E-state index contributed by atoms with van der Waals surface area (Å²) in [6.45, 7) is 5.11. The molecule has 2 aromatic heterocycles. The topological polar surface area (TPSA) is 65.6 Å². The number of nitrogens with zero attached hydrogens (tertiary/aromatic N) is 3. The van der Waals surface area contributed by atoms with Gasteiger partial charge in [-0.15, -0.1) is 5.10 Å². The van der Waals surface area contributed by atoms with Crippen LogP contribution in [0.2, 0.25) is 0 Å². The van der Waals surface area contributed by atoms with Gasteiger partial charge in [-0.1, -0.05) is 6.07 Å². The number of pyridine rings is 1. The van der Waals surface area contributed by atoms with Crippen LogP contribution in [0.3, 0.4) is 0 Å². The average molecular weight is 328 g/mol. The number of rotatable bonds is 2. The van der Waals surface area contributed by atoms with Gasteiger partial charge in [0.2, 0.25) is 0 Å². The normalized spacial score (nSPS) is 11.8. The highest BCUT2D eigenvalue weighted by molar-refractivity contribution is 9.10. The lowest BCUT2D eigenvalue weighted by Crippen LogP contribution is -2.31. The zero-order valence-corrected chi connectivity index (χ0v) is 12.5. The van der Waals surface area contributed by atoms with Crippen molar-refractivity contribution in [3.63, 3.8) is 0 Å². The number of hydrogen-bond acceptors (Lipinski definition) is 4. The molecule has 2 rings (SSSR count). The van der Waals surface area contributed by atoms with Gasteiger partial charge in [0.15, 0.2) is 5.65 Å². The van der Waals surface area contributed by atoms with E-state index in [4.69, 9.17) is 4.74 Å². The standard InChI is InChI=1S/C12H14BrN3O3/c1-12(2,3)19-10(17)7-15-11(18)16-8(13)5-4-6-9(16)14-15/h4-6H,7H2,1-3H3. The summed E-state index contributed by atoms with van der Waals surface area (Å²) in [4.78, 5) is 23.8. The van der Waals surface area contributed by atoms with E-state index in [1.807, 2.05) is 0 Å². The highest BCUT2D eigenvalue weighted by Crippen LogP contribution is 2.10. The molecular weight excluding hydrogens is 314 g/mol. The minimum atomic E-state index is -0.583. The number of esters is 1. The van der Waals surface area contributed by atoms with Crippen molar-refractivity contribution < 1.29 is 9.53 Å². The van der Waals surface area contributed by atoms with Crippen molar-refractivity contribution >= 4 is 27.5 Å². The first kappa shape index (κ1) is 13.8. The van der Waals surface area contributed by atoms with Crippen molar-refractivity contribution in [2.75, 3.05) is 0 Å². The Hall–Kier alpha value is -1.63. The van der Waals surface area contributed by atoms with Gasteiger partial charge in [-0.25, -0.2) is 13.9 Å². The molecule has 0 aliphatic rings. The summed E-state index contributed by atoms with van der Waals surface area (Å²) < 4.78 is 8.22. The first-order valence-electron chi connectivity index (χ1n) is 5.74. The van der Waals surface area contributed by atoms with Crippen molar-refractivity contribution in [2.45, 2.75) is 32.9 Å². The summed E-state index contributed by atoms with van der Waals surface area (Å²) in [5, 5.41) is 4.08. The highest BCUT2D eigenvalue weighted by Gasteiger charge is 2.18. The predicted octanol–water partition coefficient (Wildman–Crippen LogP) is 1.60. The first-order valence-corrected chi connectivity index (χ1v) is 6.53. The quantitative estimate of drug-likeness (QED) is 0.620. The summed E-state index contributed by atoms with van der Waals surface area (Å²) in [7, 11) is 0. The van der Waals surface area contributed by atoms with E-state index in [1.54, 1.807) is 39.0 Å². The smallest absolute Gasteiger partial charge is 0.351 e. The van der Waals surface area contributed by atoms with E-state index in [0.717, 1.165) is 4.68 Å². The first-order chi connectivity index (χ1) is 8.78. The fourth-order valence-electron chi connectivity index (χ4n) is 1.62. The molecule has 19 heavy (non-hydrogen) atoms. The van der Waals surface area contributed by atoms with Crippen molar-refractivity contribution in [3.8, 4) is 0 Å². The highest BCUT2D eigenvalue weighted by atomic mass is 79.9. The van der Waals surface area contributed by atoms with Crippen molar-refractivity contribution in [1.29, 1.82) is 0 Å². The SMILES string of the molecule is CC(C)(C)OC(=O)Cn1nc2cccc(Br)n2c1=O. The van der Waals surface area contributed by atoms with Crippen LogP contribution in [0.15, 0.2) is 27.6 Å². The second-order valence-corrected chi connectivity index (χ2v) is 5.88. The molecule has 0 aliphatic heterocycles. The molecule has 102 valence electrons. The molecule has 0 fully saturated rings. The Morgan fingerprint density at radius 2 is 2.11 bits per heavy atom. The monoisotopic (exact) mass is 327 g/mol. The van der Waals surface area contributed by atoms with E-state index < -0.39 is 11.6 Å². The van der Waals surface area contributed by atoms with E-state index in [2.05, 4.69) is 21.0 Å². The van der Waals surface area contributed by atoms with Crippen molar-refractivity contribution in [3.05, 3.63) is 33.3 Å². The van der Waals surface area contributed by atoms with E-state index >= 15 is 0 Å². The molecule has 0 spiro atoms. The largest absolute Gasteiger partial charge is 0.459 e. The maximum Gasteiger partial charge on any atom is 0.351 e. The van der Waals surface area contributed by atoms with Gasteiger partial charge < -0.3 is 4.74 Å². The van der Waals surface area contributed by atoms with Gasteiger partial charge in [0.1, 0.15) is 12.1 Å². The number of ether oxygens (including phenoxy) is 1. The molecule has 0 unspecified atom stereocenters. The van der Waals surface area contributed by atoms with E-state index in [1.165, 1.54) is 4.40 Å². The Balaban J connectivity index is 2.32. The van der Waals surface area contributed by atoms with Gasteiger partial charge in [-0.05, 0) is 48.8 Å². The lowest BCUT2D eigenvalue weighted by atomic mass is 10.2. The fraction of sp³-hybridized carbons (Fsp3) is 0.417. The summed E-state index contributed by atoms with van der Waals surface area (Å²) in [6, 6.07) is 5.19. The van der Waals surface area contributed by atoms with Gasteiger partial charge in [-0.2, -0.15) is 0 Å². The Morgan fingerprint density at radius 3 is 2.68 bits per heavy atom. The molecule has 0 aliphatic carbocycles. The van der Waals surface area contributed by atoms with E-state index in [-0.39, 0.29) is 12.2 Å². The van der Waals surface area contributed by atoms with Gasteiger partial charge >= 0.3 is 11.7 Å². The number of aromatic nitrogens is 3. The number of hydrogen-bond donors (Lipinski definition) is 0. The summed E-state index contributed by atoms with van der Waals surface area (Å²) in [5.41, 5.74) is -0.489. The molecule has 2 aromatic rings. The van der Waals surface area contributed by atoms with E-state index in [0.29, 0.717) is 10.3 Å². The summed E-state index contributed by atoms with van der Waals surface area (Å²) >= 11 is 3.27. The molecule has 0 aromatic carbocycles. The minimum absolute atomic E-state index is 0.204. The van der Waals surface area contributed by atoms with Crippen molar-refractivity contribution in [2.24, 2.45) is 0 Å². The third-order valence-corrected chi connectivity index (χ3v) is 2.87. The average Bonchev–Trinajstić information content (AvgIpc) is 2.54. The molecule has 0 N–H and O–H groups in total. The molecule has 0 saturated heterocycles. The van der Waals surface area contributed by atoms with Gasteiger partial charge in [-0.3, -0.25) is 4.79 Å². The molecule has 0 saturated carbocycles. The molecular formula is C12H14BrN3O3. The minimum Gasteiger partial charge on any atom is -0.459 e.